The van der Waals surface area contributed by atoms with Gasteiger partial charge >= 0.3 is 0 Å². The van der Waals surface area contributed by atoms with Crippen molar-refractivity contribution in [2.75, 3.05) is 0 Å². The number of allylic oxidation sites excluding steroid dienone is 1. The summed E-state index contributed by atoms with van der Waals surface area (Å²) < 4.78 is 27.1. The van der Waals surface area contributed by atoms with Crippen molar-refractivity contribution in [3.05, 3.63) is 130 Å². The molecule has 1 aliphatic rings. The van der Waals surface area contributed by atoms with Gasteiger partial charge in [0, 0.05) is 11.1 Å². The van der Waals surface area contributed by atoms with Gasteiger partial charge in [-0.1, -0.05) is 30.3 Å². The maximum atomic E-state index is 13.5. The minimum Gasteiger partial charge on any atom is -0.237 e. The zero-order valence-electron chi connectivity index (χ0n) is 18.5. The van der Waals surface area contributed by atoms with Gasteiger partial charge in [0.05, 0.1) is 30.8 Å². The van der Waals surface area contributed by atoms with Crippen LogP contribution in [0.3, 0.4) is 0 Å². The van der Waals surface area contributed by atoms with Crippen molar-refractivity contribution in [3.8, 4) is 45.5 Å². The first kappa shape index (κ1) is 22.2. The van der Waals surface area contributed by atoms with Crippen LogP contribution in [0.25, 0.3) is 48.6 Å². The summed E-state index contributed by atoms with van der Waals surface area (Å²) in [4.78, 5) is 7.10. The Labute approximate surface area is 205 Å². The van der Waals surface area contributed by atoms with E-state index in [9.17, 15) is 19.3 Å². The molecule has 6 heteroatoms. The third-order valence-electron chi connectivity index (χ3n) is 6.13. The van der Waals surface area contributed by atoms with Crippen LogP contribution in [-0.2, 0) is 0 Å². The Morgan fingerprint density at radius 1 is 0.667 bits per heavy atom. The molecule has 0 spiro atoms. The van der Waals surface area contributed by atoms with E-state index in [-0.39, 0.29) is 5.70 Å². The molecule has 0 aliphatic heterocycles. The smallest absolute Gasteiger partial charge is 0.237 e. The van der Waals surface area contributed by atoms with Crippen LogP contribution in [0.1, 0.15) is 16.7 Å². The number of fused-ring (bicyclic) bond motifs is 3. The average Bonchev–Trinajstić information content (AvgIpc) is 3.21. The van der Waals surface area contributed by atoms with Gasteiger partial charge in [0.15, 0.2) is 5.69 Å². The molecule has 0 bridgehead atoms. The molecule has 0 saturated heterocycles. The highest BCUT2D eigenvalue weighted by atomic mass is 19.1. The van der Waals surface area contributed by atoms with E-state index < -0.39 is 11.6 Å². The Kier molecular flexibility index (Phi) is 5.35. The first-order valence-electron chi connectivity index (χ1n) is 10.7. The number of rotatable bonds is 2. The average molecular weight is 466 g/mol. The molecular weight excluding hydrogens is 454 g/mol. The summed E-state index contributed by atoms with van der Waals surface area (Å²) >= 11 is 0. The minimum atomic E-state index is -0.411. The Bertz CT molecular complexity index is 1640. The molecule has 4 nitrogen and oxygen atoms in total. The number of benzene rings is 4. The van der Waals surface area contributed by atoms with Crippen LogP contribution in [0.2, 0.25) is 0 Å². The van der Waals surface area contributed by atoms with Crippen molar-refractivity contribution in [3.63, 3.8) is 0 Å². The van der Waals surface area contributed by atoms with Crippen LogP contribution < -0.4 is 0 Å². The summed E-state index contributed by atoms with van der Waals surface area (Å²) in [7, 11) is 0. The summed E-state index contributed by atoms with van der Waals surface area (Å²) in [6.45, 7) is 15.3. The Morgan fingerprint density at radius 2 is 1.19 bits per heavy atom. The molecule has 0 unspecified atom stereocenters. The van der Waals surface area contributed by atoms with Crippen molar-refractivity contribution in [1.29, 1.82) is 10.5 Å². The van der Waals surface area contributed by atoms with E-state index in [0.29, 0.717) is 61.3 Å². The van der Waals surface area contributed by atoms with Crippen LogP contribution in [0.5, 0.6) is 0 Å². The third-order valence-corrected chi connectivity index (χ3v) is 6.13. The van der Waals surface area contributed by atoms with Gasteiger partial charge < -0.3 is 0 Å². The fourth-order valence-corrected chi connectivity index (χ4v) is 4.50. The SMILES string of the molecule is [C-]#[N+]/C(C#N)=C1/c2cc(-c3ccc(F)cc3)c(C#N)cc2-c2cc([N+]#[C-])c(-c3ccc(F)cc3)cc21. The second kappa shape index (κ2) is 8.66. The fourth-order valence-electron chi connectivity index (χ4n) is 4.50. The van der Waals surface area contributed by atoms with E-state index in [4.69, 9.17) is 13.1 Å². The Morgan fingerprint density at radius 3 is 1.69 bits per heavy atom. The third kappa shape index (κ3) is 3.48. The van der Waals surface area contributed by atoms with Crippen LogP contribution >= 0.6 is 0 Å². The highest BCUT2D eigenvalue weighted by Crippen LogP contribution is 2.51. The number of halogens is 2. The van der Waals surface area contributed by atoms with Gasteiger partial charge in [-0.3, -0.25) is 0 Å². The van der Waals surface area contributed by atoms with Crippen molar-refractivity contribution in [2.45, 2.75) is 0 Å². The predicted molar refractivity (Wildman–Crippen MR) is 132 cm³/mol. The molecule has 0 fully saturated rings. The lowest BCUT2D eigenvalue weighted by molar-refractivity contribution is 0.627. The molecule has 36 heavy (non-hydrogen) atoms. The van der Waals surface area contributed by atoms with Gasteiger partial charge in [0.25, 0.3) is 5.70 Å². The number of hydrogen-bond donors (Lipinski definition) is 0. The molecule has 5 rings (SSSR count). The largest absolute Gasteiger partial charge is 0.270 e. The Balaban J connectivity index is 1.84. The van der Waals surface area contributed by atoms with Gasteiger partial charge in [0.2, 0.25) is 0 Å². The summed E-state index contributed by atoms with van der Waals surface area (Å²) in [5.41, 5.74) is 5.60. The Hall–Kier alpha value is -5.56. The van der Waals surface area contributed by atoms with Crippen LogP contribution in [0.15, 0.2) is 78.5 Å². The molecule has 0 amide bonds. The van der Waals surface area contributed by atoms with Gasteiger partial charge in [-0.25, -0.2) is 23.7 Å². The first-order valence-corrected chi connectivity index (χ1v) is 10.7. The summed E-state index contributed by atoms with van der Waals surface area (Å²) in [5, 5.41) is 19.6. The van der Waals surface area contributed by atoms with Crippen LogP contribution in [-0.4, -0.2) is 0 Å². The maximum absolute atomic E-state index is 13.5. The summed E-state index contributed by atoms with van der Waals surface area (Å²) in [6, 6.07) is 22.4. The lowest BCUT2D eigenvalue weighted by atomic mass is 9.93. The lowest BCUT2D eigenvalue weighted by Crippen LogP contribution is -1.91. The van der Waals surface area contributed by atoms with Gasteiger partial charge in [-0.05, 0) is 81.4 Å². The topological polar surface area (TPSA) is 56.3 Å². The summed E-state index contributed by atoms with van der Waals surface area (Å²) in [6.07, 6.45) is 0. The molecule has 0 N–H and O–H groups in total. The van der Waals surface area contributed by atoms with Crippen molar-refractivity contribution >= 4 is 11.3 Å². The molecule has 0 atom stereocenters. The molecule has 0 heterocycles. The van der Waals surface area contributed by atoms with Crippen LogP contribution in [0, 0.1) is 47.4 Å². The minimum absolute atomic E-state index is 0.134. The molecule has 1 aliphatic carbocycles. The molecule has 0 radical (unpaired) electrons. The monoisotopic (exact) mass is 466 g/mol. The first-order chi connectivity index (χ1) is 17.5. The van der Waals surface area contributed by atoms with E-state index in [1.54, 1.807) is 48.5 Å². The molecule has 0 saturated carbocycles. The number of hydrogen-bond acceptors (Lipinski definition) is 2. The molecule has 4 aromatic carbocycles. The molecule has 0 aromatic heterocycles. The van der Waals surface area contributed by atoms with E-state index in [1.807, 2.05) is 6.07 Å². The zero-order valence-corrected chi connectivity index (χ0v) is 18.5. The number of nitrogens with zero attached hydrogens (tertiary/aromatic N) is 4. The van der Waals surface area contributed by atoms with Crippen molar-refractivity contribution < 1.29 is 8.78 Å². The van der Waals surface area contributed by atoms with Crippen molar-refractivity contribution in [2.24, 2.45) is 0 Å². The summed E-state index contributed by atoms with van der Waals surface area (Å²) in [5.74, 6) is -0.819. The number of nitriles is 2. The van der Waals surface area contributed by atoms with E-state index >= 15 is 0 Å². The quantitative estimate of drug-likeness (QED) is 0.196. The van der Waals surface area contributed by atoms with Gasteiger partial charge in [-0.15, -0.1) is 0 Å². The maximum Gasteiger partial charge on any atom is 0.270 e. The highest BCUT2D eigenvalue weighted by molar-refractivity contribution is 6.07. The van der Waals surface area contributed by atoms with E-state index in [0.717, 1.165) is 0 Å². The second-order valence-corrected chi connectivity index (χ2v) is 8.04. The van der Waals surface area contributed by atoms with Crippen molar-refractivity contribution in [1.82, 2.24) is 0 Å². The second-order valence-electron chi connectivity index (χ2n) is 8.04. The van der Waals surface area contributed by atoms with Gasteiger partial charge in [0.1, 0.15) is 11.6 Å². The lowest BCUT2D eigenvalue weighted by Gasteiger charge is -2.10. The zero-order chi connectivity index (χ0) is 25.4. The molecule has 166 valence electrons. The van der Waals surface area contributed by atoms with Gasteiger partial charge in [-0.2, -0.15) is 5.26 Å². The fraction of sp³-hybridized carbons (Fsp3) is 0. The standard InChI is InChI=1S/C30H12F2N4/c1-35-28-14-25-24-11-19(15-33)22(17-3-7-20(31)8-4-17)12-26(24)30(29(16-34)36-2)27(25)13-23(28)18-5-9-21(32)10-6-18/h3-14H/b30-29-. The van der Waals surface area contributed by atoms with E-state index in [1.165, 1.54) is 24.3 Å². The van der Waals surface area contributed by atoms with Crippen LogP contribution in [0.4, 0.5) is 14.5 Å². The van der Waals surface area contributed by atoms with E-state index in [2.05, 4.69) is 15.8 Å². The predicted octanol–water partition coefficient (Wildman–Crippen LogP) is 7.90. The normalized spacial score (nSPS) is 12.4. The molecular formula is C30H12F2N4. The molecule has 4 aromatic rings. The highest BCUT2D eigenvalue weighted by Gasteiger charge is 2.30.